The van der Waals surface area contributed by atoms with Crippen LogP contribution in [0, 0.1) is 6.92 Å². The van der Waals surface area contributed by atoms with Gasteiger partial charge in [-0.15, -0.1) is 0 Å². The number of hydrogen-bond donors (Lipinski definition) is 1. The molecular formula is C18H19ClN2O3. The summed E-state index contributed by atoms with van der Waals surface area (Å²) in [4.78, 5) is 16.8. The highest BCUT2D eigenvalue weighted by atomic mass is 35.5. The SMILES string of the molecule is CNC(=O)C(=NOC)c1ccccc1COc1ccc(Cl)cc1C. The molecule has 0 spiro atoms. The number of aryl methyl sites for hydroxylation is 1. The van der Waals surface area contributed by atoms with Crippen LogP contribution in [0.25, 0.3) is 0 Å². The molecule has 2 aromatic rings. The smallest absolute Gasteiger partial charge is 0.273 e. The molecule has 0 heterocycles. The Morgan fingerprint density at radius 2 is 2.00 bits per heavy atom. The van der Waals surface area contributed by atoms with E-state index in [4.69, 9.17) is 21.2 Å². The standard InChI is InChI=1S/C18H19ClN2O3/c1-12-10-14(19)8-9-16(12)24-11-13-6-4-5-7-15(13)17(21-23-3)18(22)20-2/h4-10H,11H2,1-3H3,(H,20,22). The number of halogens is 1. The molecule has 0 fully saturated rings. The minimum atomic E-state index is -0.327. The Labute approximate surface area is 146 Å². The Balaban J connectivity index is 2.28. The fourth-order valence-corrected chi connectivity index (χ4v) is 2.46. The molecule has 0 radical (unpaired) electrons. The van der Waals surface area contributed by atoms with Crippen LogP contribution in [-0.2, 0) is 16.2 Å². The van der Waals surface area contributed by atoms with Gasteiger partial charge in [-0.05, 0) is 36.2 Å². The van der Waals surface area contributed by atoms with E-state index in [0.29, 0.717) is 17.2 Å². The van der Waals surface area contributed by atoms with Crippen LogP contribution in [0.4, 0.5) is 0 Å². The van der Waals surface area contributed by atoms with Crippen molar-refractivity contribution in [2.45, 2.75) is 13.5 Å². The third-order valence-electron chi connectivity index (χ3n) is 3.42. The lowest BCUT2D eigenvalue weighted by Gasteiger charge is -2.13. The monoisotopic (exact) mass is 346 g/mol. The first-order chi connectivity index (χ1) is 11.6. The van der Waals surface area contributed by atoms with E-state index in [2.05, 4.69) is 10.5 Å². The van der Waals surface area contributed by atoms with Gasteiger partial charge in [-0.1, -0.05) is 41.0 Å². The molecular weight excluding hydrogens is 328 g/mol. The number of carbonyl (C=O) groups is 1. The van der Waals surface area contributed by atoms with Gasteiger partial charge in [-0.25, -0.2) is 0 Å². The molecule has 0 unspecified atom stereocenters. The lowest BCUT2D eigenvalue weighted by Crippen LogP contribution is -2.29. The molecule has 1 N–H and O–H groups in total. The number of hydrogen-bond acceptors (Lipinski definition) is 4. The molecule has 126 valence electrons. The van der Waals surface area contributed by atoms with Crippen LogP contribution in [0.15, 0.2) is 47.6 Å². The predicted molar refractivity (Wildman–Crippen MR) is 94.6 cm³/mol. The summed E-state index contributed by atoms with van der Waals surface area (Å²) in [7, 11) is 2.95. The van der Waals surface area contributed by atoms with E-state index < -0.39 is 0 Å². The molecule has 6 heteroatoms. The summed E-state index contributed by atoms with van der Waals surface area (Å²) in [6.45, 7) is 2.22. The maximum atomic E-state index is 12.0. The molecule has 24 heavy (non-hydrogen) atoms. The van der Waals surface area contributed by atoms with Crippen molar-refractivity contribution in [2.75, 3.05) is 14.2 Å². The normalized spacial score (nSPS) is 11.1. The summed E-state index contributed by atoms with van der Waals surface area (Å²) in [6, 6.07) is 12.8. The van der Waals surface area contributed by atoms with Crippen molar-refractivity contribution in [3.05, 3.63) is 64.2 Å². The summed E-state index contributed by atoms with van der Waals surface area (Å²) in [6.07, 6.45) is 0. The zero-order chi connectivity index (χ0) is 17.5. The number of rotatable bonds is 6. The van der Waals surface area contributed by atoms with Crippen molar-refractivity contribution in [3.8, 4) is 5.75 Å². The quantitative estimate of drug-likeness (QED) is 0.644. The van der Waals surface area contributed by atoms with Gasteiger partial charge in [0, 0.05) is 17.6 Å². The van der Waals surface area contributed by atoms with Gasteiger partial charge in [0.2, 0.25) is 0 Å². The summed E-state index contributed by atoms with van der Waals surface area (Å²) in [5.74, 6) is 0.409. The van der Waals surface area contributed by atoms with Gasteiger partial charge >= 0.3 is 0 Å². The van der Waals surface area contributed by atoms with E-state index >= 15 is 0 Å². The Kier molecular flexibility index (Phi) is 6.21. The van der Waals surface area contributed by atoms with Crippen molar-refractivity contribution in [3.63, 3.8) is 0 Å². The van der Waals surface area contributed by atoms with Gasteiger partial charge in [0.05, 0.1) is 0 Å². The van der Waals surface area contributed by atoms with E-state index in [1.165, 1.54) is 7.11 Å². The molecule has 0 bridgehead atoms. The molecule has 5 nitrogen and oxygen atoms in total. The summed E-state index contributed by atoms with van der Waals surface area (Å²) in [5.41, 5.74) is 2.63. The van der Waals surface area contributed by atoms with Crippen molar-refractivity contribution in [1.82, 2.24) is 5.32 Å². The highest BCUT2D eigenvalue weighted by Gasteiger charge is 2.17. The molecule has 2 rings (SSSR count). The summed E-state index contributed by atoms with van der Waals surface area (Å²) < 4.78 is 5.87. The maximum Gasteiger partial charge on any atom is 0.273 e. The van der Waals surface area contributed by atoms with Crippen LogP contribution in [0.1, 0.15) is 16.7 Å². The molecule has 0 atom stereocenters. The first-order valence-electron chi connectivity index (χ1n) is 7.37. The number of likely N-dealkylation sites (N-methyl/N-ethyl adjacent to an activating group) is 1. The summed E-state index contributed by atoms with van der Waals surface area (Å²) >= 11 is 5.96. The van der Waals surface area contributed by atoms with Crippen LogP contribution >= 0.6 is 11.6 Å². The average Bonchev–Trinajstić information content (AvgIpc) is 2.59. The maximum absolute atomic E-state index is 12.0. The zero-order valence-corrected chi connectivity index (χ0v) is 14.6. The molecule has 1 amide bonds. The van der Waals surface area contributed by atoms with Crippen LogP contribution in [-0.4, -0.2) is 25.8 Å². The second-order valence-corrected chi connectivity index (χ2v) is 5.49. The average molecular weight is 347 g/mol. The Morgan fingerprint density at radius 3 is 2.67 bits per heavy atom. The second kappa shape index (κ2) is 8.36. The number of nitrogens with one attached hydrogen (secondary N) is 1. The van der Waals surface area contributed by atoms with Gasteiger partial charge in [-0.3, -0.25) is 4.79 Å². The zero-order valence-electron chi connectivity index (χ0n) is 13.8. The van der Waals surface area contributed by atoms with Gasteiger partial charge in [0.15, 0.2) is 5.71 Å². The number of nitrogens with zero attached hydrogens (tertiary/aromatic N) is 1. The lowest BCUT2D eigenvalue weighted by molar-refractivity contribution is -0.114. The minimum absolute atomic E-state index is 0.201. The van der Waals surface area contributed by atoms with Gasteiger partial charge in [0.1, 0.15) is 19.5 Å². The Morgan fingerprint density at radius 1 is 1.25 bits per heavy atom. The van der Waals surface area contributed by atoms with Crippen LogP contribution < -0.4 is 10.1 Å². The second-order valence-electron chi connectivity index (χ2n) is 5.06. The Hall–Kier alpha value is -2.53. The number of carbonyl (C=O) groups excluding carboxylic acids is 1. The first-order valence-corrected chi connectivity index (χ1v) is 7.75. The number of amides is 1. The van der Waals surface area contributed by atoms with E-state index in [1.807, 2.05) is 37.3 Å². The van der Waals surface area contributed by atoms with Crippen molar-refractivity contribution >= 4 is 23.2 Å². The lowest BCUT2D eigenvalue weighted by atomic mass is 10.0. The van der Waals surface area contributed by atoms with Gasteiger partial charge in [-0.2, -0.15) is 0 Å². The third-order valence-corrected chi connectivity index (χ3v) is 3.65. The predicted octanol–water partition coefficient (Wildman–Crippen LogP) is 3.32. The fourth-order valence-electron chi connectivity index (χ4n) is 2.23. The van der Waals surface area contributed by atoms with Gasteiger partial charge in [0.25, 0.3) is 5.91 Å². The number of oxime groups is 1. The molecule has 0 saturated heterocycles. The van der Waals surface area contributed by atoms with Crippen LogP contribution in [0.2, 0.25) is 5.02 Å². The van der Waals surface area contributed by atoms with Crippen molar-refractivity contribution < 1.29 is 14.4 Å². The molecule has 0 aliphatic heterocycles. The van der Waals surface area contributed by atoms with E-state index in [-0.39, 0.29) is 11.6 Å². The van der Waals surface area contributed by atoms with Crippen LogP contribution in [0.5, 0.6) is 5.75 Å². The van der Waals surface area contributed by atoms with Crippen molar-refractivity contribution in [1.29, 1.82) is 0 Å². The highest BCUT2D eigenvalue weighted by molar-refractivity contribution is 6.45. The van der Waals surface area contributed by atoms with Crippen LogP contribution in [0.3, 0.4) is 0 Å². The largest absolute Gasteiger partial charge is 0.489 e. The van der Waals surface area contributed by atoms with E-state index in [0.717, 1.165) is 16.9 Å². The molecule has 2 aromatic carbocycles. The van der Waals surface area contributed by atoms with Gasteiger partial charge < -0.3 is 14.9 Å². The molecule has 0 aliphatic rings. The Bertz CT molecular complexity index is 760. The first kappa shape index (κ1) is 17.8. The molecule has 0 aromatic heterocycles. The van der Waals surface area contributed by atoms with E-state index in [1.54, 1.807) is 19.2 Å². The summed E-state index contributed by atoms with van der Waals surface area (Å²) in [5, 5.41) is 7.06. The molecule has 0 saturated carbocycles. The highest BCUT2D eigenvalue weighted by Crippen LogP contribution is 2.23. The van der Waals surface area contributed by atoms with Crippen molar-refractivity contribution in [2.24, 2.45) is 5.16 Å². The fraction of sp³-hybridized carbons (Fsp3) is 0.222. The number of ether oxygens (including phenoxy) is 1. The topological polar surface area (TPSA) is 59.9 Å². The number of benzene rings is 2. The third kappa shape index (κ3) is 4.26. The molecule has 0 aliphatic carbocycles. The van der Waals surface area contributed by atoms with E-state index in [9.17, 15) is 4.79 Å². The minimum Gasteiger partial charge on any atom is -0.489 e.